The molecule has 0 heterocycles. The highest BCUT2D eigenvalue weighted by atomic mass is 35.5. The number of benzene rings is 9. The first-order valence-corrected chi connectivity index (χ1v) is 42.5. The van der Waals surface area contributed by atoms with E-state index in [-0.39, 0.29) is 94.1 Å². The van der Waals surface area contributed by atoms with Crippen LogP contribution in [-0.4, -0.2) is 152 Å². The van der Waals surface area contributed by atoms with Crippen molar-refractivity contribution < 1.29 is 175 Å². The Morgan fingerprint density at radius 1 is 0.229 bits per heavy atom. The summed E-state index contributed by atoms with van der Waals surface area (Å²) >= 11 is 50.8. The zero-order chi connectivity index (χ0) is 138. The molecule has 45 heteroatoms. The Morgan fingerprint density at radius 2 is 0.424 bits per heavy atom. The Balaban J connectivity index is 0.000000985. The van der Waals surface area contributed by atoms with Crippen molar-refractivity contribution in [3.8, 4) is 0 Å². The SMILES string of the molecule is [2H]C(C(=O)c1ccc(Cl)cc1N)C([2H])(C)C(=O)O.[2H]C(C)(CC(=O)c1ccc(Cl)cc1N)C(=O)O.[2H]C([2H])(C(=O)c1ccc(Cl)cc1N)C(C)C(=O)O.[2H]C([2H])(C(=O)c1ccc(Cl)cc1N)C([2H])(C)C(=O)O.[2H]c1c(Cl)cc(N)c(C(=O)C([2H])([2H])C([2H])(C)C(=O)O)c1[2H].[2H]c1c([2H])c(C(=O)C([2H])([2H])C([2H])(C)C(=O)O)c(N)c([2H])c1Cl.[2H]c1c([2H])c(C(=O)C([2H])C([2H])(C)C(=O)O)c(N)c([2H])c1Cl.[2H]c1c([2H])c(C(=O)CC(C)C(=O)O)c(N)c([2H])c1Cl.[2H]c1c([2H])c(C(=O)CC([2H])(C)C(=O)O)c(N)c([2H])c1Cl. The standard InChI is InChI=1S/9C11H12ClNO3/c9*1-6(11(15)16)4-10(14)8-3-2-7(12)5-9(8)13/h9*2-3,5-6H,4,13H2,1H3,(H,15,16)/i2D,3D,4D2,5D,6D;2D,3D,4D,5D,6D;2D,3D,5D,6D;2D,3D,4D2,6D;2D,3D,5D;4D2,6D;4D,6D;6D;4D2. The molecule has 0 aliphatic heterocycles. The summed E-state index contributed by atoms with van der Waals surface area (Å²) in [5.74, 6) is -42.6. The third-order valence-electron chi connectivity index (χ3n) is 16.9. The van der Waals surface area contributed by atoms with Gasteiger partial charge in [0, 0.05) is 227 Å². The quantitative estimate of drug-likeness (QED) is 0.0128. The van der Waals surface area contributed by atoms with E-state index >= 15 is 0 Å². The summed E-state index contributed by atoms with van der Waals surface area (Å²) in [5.41, 5.74) is 45.0. The van der Waals surface area contributed by atoms with E-state index in [1.165, 1.54) is 86.6 Å². The van der Waals surface area contributed by atoms with Gasteiger partial charge in [0.25, 0.3) is 0 Å². The maximum Gasteiger partial charge on any atom is 0.306 e. The van der Waals surface area contributed by atoms with Gasteiger partial charge in [-0.25, -0.2) is 0 Å². The van der Waals surface area contributed by atoms with Crippen LogP contribution in [0.3, 0.4) is 0 Å². The number of ketones is 9. The lowest BCUT2D eigenvalue weighted by Gasteiger charge is -2.07. The van der Waals surface area contributed by atoms with E-state index in [4.69, 9.17) is 244 Å². The number of carbonyl (C=O) groups is 18. The van der Waals surface area contributed by atoms with Crippen molar-refractivity contribution in [3.63, 3.8) is 0 Å². The first kappa shape index (κ1) is 83.5. The van der Waals surface area contributed by atoms with E-state index in [1.807, 2.05) is 0 Å². The molecule has 144 heavy (non-hydrogen) atoms. The summed E-state index contributed by atoms with van der Waals surface area (Å²) in [6.45, 7) is 8.77. The molecule has 0 saturated carbocycles. The van der Waals surface area contributed by atoms with Crippen molar-refractivity contribution >= 4 is 261 Å². The van der Waals surface area contributed by atoms with Crippen LogP contribution in [0.5, 0.6) is 0 Å². The van der Waals surface area contributed by atoms with Gasteiger partial charge in [-0.3, -0.25) is 86.3 Å². The second-order valence-electron chi connectivity index (χ2n) is 28.3. The number of halogens is 9. The molecule has 0 aromatic heterocycles. The molecule has 0 aliphatic carbocycles. The van der Waals surface area contributed by atoms with Gasteiger partial charge in [-0.2, -0.15) is 0 Å². The Labute approximate surface area is 915 Å². The number of carboxylic acids is 9. The molecule has 0 aliphatic rings. The van der Waals surface area contributed by atoms with Crippen LogP contribution in [-0.2, 0) is 43.2 Å². The highest BCUT2D eigenvalue weighted by Crippen LogP contribution is 2.31. The summed E-state index contributed by atoms with van der Waals surface area (Å²) in [5, 5.41) is 79.0. The Bertz CT molecular complexity index is 7900. The van der Waals surface area contributed by atoms with Gasteiger partial charge in [-0.05, 0) is 163 Å². The van der Waals surface area contributed by atoms with Crippen LogP contribution in [0, 0.1) is 53.1 Å². The van der Waals surface area contributed by atoms with Gasteiger partial charge in [-0.15, -0.1) is 0 Å². The number of hydrogen-bond acceptors (Lipinski definition) is 27. The second-order valence-corrected chi connectivity index (χ2v) is 32.0. The number of carboxylic acid groups (broad SMARTS) is 9. The van der Waals surface area contributed by atoms with E-state index < -0.39 is 338 Å². The van der Waals surface area contributed by atoms with Gasteiger partial charge in [0.15, 0.2) is 52.0 Å². The predicted octanol–water partition coefficient (Wildman–Crippen LogP) is 19.9. The first-order valence-electron chi connectivity index (χ1n) is 54.8. The minimum atomic E-state index is -3.24. The zero-order valence-electron chi connectivity index (χ0n) is 107. The Morgan fingerprint density at radius 3 is 0.688 bits per heavy atom. The Kier molecular flexibility index (Phi) is 36.2. The average Bonchev–Trinajstić information content (AvgIpc) is 0.753. The van der Waals surface area contributed by atoms with Gasteiger partial charge < -0.3 is 97.6 Å². The third kappa shape index (κ3) is 46.4. The molecule has 27 N–H and O–H groups in total. The predicted molar refractivity (Wildman–Crippen MR) is 555 cm³/mol. The molecule has 0 spiro atoms. The molecule has 0 radical (unpaired) electrons. The molecule has 9 rings (SSSR count). The smallest absolute Gasteiger partial charge is 0.306 e. The first-order chi connectivity index (χ1) is 78.9. The number of rotatable bonds is 36. The molecule has 9 aromatic rings. The molecular weight excluding hydrogens is 2070 g/mol. The minimum Gasteiger partial charge on any atom is -0.481 e. The lowest BCUT2D eigenvalue weighted by Crippen LogP contribution is -2.15. The van der Waals surface area contributed by atoms with Crippen LogP contribution in [0.4, 0.5) is 51.2 Å². The summed E-state index contributed by atoms with van der Waals surface area (Å²) in [6, 6.07) is 9.02. The summed E-state index contributed by atoms with van der Waals surface area (Å²) < 4.78 is 235. The number of nitrogens with two attached hydrogens (primary N) is 9. The molecule has 11 atom stereocenters. The fourth-order valence-corrected chi connectivity index (χ4v) is 10.7. The van der Waals surface area contributed by atoms with E-state index in [0.29, 0.717) is 22.0 Å². The number of carbonyl (C=O) groups excluding carboxylic acids is 9. The van der Waals surface area contributed by atoms with Crippen molar-refractivity contribution in [2.24, 2.45) is 53.1 Å². The lowest BCUT2D eigenvalue weighted by atomic mass is 9.99. The molecule has 0 saturated heterocycles. The molecule has 9 aromatic carbocycles. The molecule has 0 amide bonds. The summed E-state index contributed by atoms with van der Waals surface area (Å²) in [4.78, 5) is 206. The van der Waals surface area contributed by atoms with Crippen LogP contribution >= 0.6 is 104 Å². The normalized spacial score (nSPS) is 17.6. The largest absolute Gasteiger partial charge is 0.481 e. The number of nitrogen functional groups attached to an aromatic ring is 9. The van der Waals surface area contributed by atoms with Crippen LogP contribution in [0.2, 0.25) is 45.2 Å². The fourth-order valence-electron chi connectivity index (χ4n) is 9.20. The number of Topliss-reactive ketones (excluding diaryl/α,β-unsaturated/α-hetero) is 9. The minimum absolute atomic E-state index is 0.000810. The van der Waals surface area contributed by atoms with Crippen molar-refractivity contribution in [2.45, 2.75) is 120 Å². The van der Waals surface area contributed by atoms with E-state index in [2.05, 4.69) is 0 Å². The van der Waals surface area contributed by atoms with Gasteiger partial charge >= 0.3 is 53.7 Å². The van der Waals surface area contributed by atoms with E-state index in [9.17, 15) is 86.3 Å². The van der Waals surface area contributed by atoms with E-state index in [0.717, 1.165) is 47.6 Å². The average molecular weight is 2210 g/mol. The number of aliphatic carboxylic acids is 9. The van der Waals surface area contributed by atoms with Gasteiger partial charge in [-0.1, -0.05) is 167 Å². The molecule has 11 unspecified atom stereocenters. The maximum absolute atomic E-state index is 12.3. The monoisotopic (exact) mass is 2200 g/mol. The van der Waals surface area contributed by atoms with Crippen molar-refractivity contribution in [3.05, 3.63) is 259 Å². The fraction of sp³-hybridized carbons (Fsp3) is 0.273. The van der Waals surface area contributed by atoms with Crippen LogP contribution < -0.4 is 51.6 Å². The van der Waals surface area contributed by atoms with Crippen molar-refractivity contribution in [1.29, 1.82) is 0 Å². The third-order valence-corrected chi connectivity index (χ3v) is 18.8. The number of hydrogen-bond donors (Lipinski definition) is 18. The molecule has 0 bridgehead atoms. The second kappa shape index (κ2) is 62.5. The zero-order valence-corrected chi connectivity index (χ0v) is 82.7. The summed E-state index contributed by atoms with van der Waals surface area (Å²) in [6.07, 6.45) is -17.2. The van der Waals surface area contributed by atoms with Gasteiger partial charge in [0.2, 0.25) is 0 Å². The van der Waals surface area contributed by atoms with Crippen LogP contribution in [0.15, 0.2) is 163 Å². The molecule has 0 fully saturated rings. The van der Waals surface area contributed by atoms with Crippen LogP contribution in [0.25, 0.3) is 0 Å². The molecular formula is C99H108Cl9N9O27. The van der Waals surface area contributed by atoms with Crippen molar-refractivity contribution in [1.82, 2.24) is 0 Å². The molecule has 36 nitrogen and oxygen atoms in total. The number of anilines is 9. The highest BCUT2D eigenvalue weighted by molar-refractivity contribution is 6.34. The maximum atomic E-state index is 12.3. The van der Waals surface area contributed by atoms with Gasteiger partial charge in [0.1, 0.15) is 0 Å². The molecule has 774 valence electrons. The van der Waals surface area contributed by atoms with E-state index in [1.54, 1.807) is 0 Å². The van der Waals surface area contributed by atoms with Crippen LogP contribution in [0.1, 0.15) is 256 Å². The lowest BCUT2D eigenvalue weighted by molar-refractivity contribution is -0.141. The Hall–Kier alpha value is -14.0. The van der Waals surface area contributed by atoms with Gasteiger partial charge in [0.05, 0.1) is 72.3 Å². The summed E-state index contributed by atoms with van der Waals surface area (Å²) in [7, 11) is 0. The topological polar surface area (TPSA) is 724 Å². The highest BCUT2D eigenvalue weighted by Gasteiger charge is 2.28. The van der Waals surface area contributed by atoms with Crippen molar-refractivity contribution in [2.75, 3.05) is 51.6 Å².